The molecule has 3 rings (SSSR count). The average Bonchev–Trinajstić information content (AvgIpc) is 3.03. The Hall–Kier alpha value is -1.03. The molecule has 1 fully saturated rings. The molecule has 2 heterocycles. The number of aryl methyl sites for hydroxylation is 2. The average molecular weight is 295 g/mol. The fraction of sp³-hybridized carbons (Fsp3) is 0.462. The summed E-state index contributed by atoms with van der Waals surface area (Å²) < 4.78 is 2.81. The van der Waals surface area contributed by atoms with Gasteiger partial charge in [-0.3, -0.25) is 4.79 Å². The van der Waals surface area contributed by atoms with Crippen molar-refractivity contribution in [3.63, 3.8) is 0 Å². The fourth-order valence-corrected chi connectivity index (χ4v) is 2.81. The van der Waals surface area contributed by atoms with Crippen molar-refractivity contribution in [2.24, 2.45) is 5.92 Å². The van der Waals surface area contributed by atoms with Gasteiger partial charge in [0.2, 0.25) is 0 Å². The molecule has 0 spiro atoms. The van der Waals surface area contributed by atoms with Crippen molar-refractivity contribution in [1.29, 1.82) is 0 Å². The SMILES string of the molecule is Cc1cc2c(Br)cn(CCC3CC3)c(=O)c2[nH]1. The number of pyridine rings is 1. The summed E-state index contributed by atoms with van der Waals surface area (Å²) in [6, 6.07) is 2.01. The van der Waals surface area contributed by atoms with Crippen LogP contribution in [0.25, 0.3) is 10.9 Å². The molecule has 1 N–H and O–H groups in total. The molecule has 0 unspecified atom stereocenters. The Morgan fingerprint density at radius 2 is 2.29 bits per heavy atom. The summed E-state index contributed by atoms with van der Waals surface area (Å²) in [4.78, 5) is 15.4. The summed E-state index contributed by atoms with van der Waals surface area (Å²) in [5.74, 6) is 0.849. The van der Waals surface area contributed by atoms with Crippen LogP contribution in [0, 0.1) is 12.8 Å². The molecule has 2 aromatic heterocycles. The van der Waals surface area contributed by atoms with Crippen LogP contribution in [0.3, 0.4) is 0 Å². The maximum Gasteiger partial charge on any atom is 0.274 e. The van der Waals surface area contributed by atoms with Gasteiger partial charge in [-0.15, -0.1) is 0 Å². The van der Waals surface area contributed by atoms with Crippen molar-refractivity contribution >= 4 is 26.8 Å². The van der Waals surface area contributed by atoms with Crippen LogP contribution in [0.2, 0.25) is 0 Å². The van der Waals surface area contributed by atoms with Crippen molar-refractivity contribution in [2.45, 2.75) is 32.7 Å². The van der Waals surface area contributed by atoms with E-state index >= 15 is 0 Å². The third-order valence-electron chi connectivity index (χ3n) is 3.43. The van der Waals surface area contributed by atoms with Gasteiger partial charge in [0.1, 0.15) is 5.52 Å². The summed E-state index contributed by atoms with van der Waals surface area (Å²) in [6.45, 7) is 2.80. The lowest BCUT2D eigenvalue weighted by Gasteiger charge is -2.06. The third-order valence-corrected chi connectivity index (χ3v) is 4.06. The minimum absolute atomic E-state index is 0.0944. The maximum absolute atomic E-state index is 12.2. The van der Waals surface area contributed by atoms with Gasteiger partial charge < -0.3 is 9.55 Å². The number of nitrogens with zero attached hydrogens (tertiary/aromatic N) is 1. The van der Waals surface area contributed by atoms with Crippen LogP contribution in [0.1, 0.15) is 25.0 Å². The van der Waals surface area contributed by atoms with Gasteiger partial charge in [-0.1, -0.05) is 12.8 Å². The summed E-state index contributed by atoms with van der Waals surface area (Å²) in [6.07, 6.45) is 5.71. The van der Waals surface area contributed by atoms with Gasteiger partial charge in [-0.05, 0) is 41.3 Å². The van der Waals surface area contributed by atoms with Crippen LogP contribution in [0.4, 0.5) is 0 Å². The molecular formula is C13H15BrN2O. The minimum Gasteiger partial charge on any atom is -0.354 e. The van der Waals surface area contributed by atoms with Gasteiger partial charge in [0.15, 0.2) is 0 Å². The zero-order valence-electron chi connectivity index (χ0n) is 9.79. The molecule has 0 saturated heterocycles. The molecule has 0 aromatic carbocycles. The molecule has 1 aliphatic rings. The normalized spacial score (nSPS) is 15.6. The second kappa shape index (κ2) is 4.02. The Bertz CT molecular complexity index is 622. The zero-order chi connectivity index (χ0) is 12.0. The number of hydrogen-bond donors (Lipinski definition) is 1. The minimum atomic E-state index is 0.0944. The first-order valence-corrected chi connectivity index (χ1v) is 6.82. The van der Waals surface area contributed by atoms with Gasteiger partial charge >= 0.3 is 0 Å². The van der Waals surface area contributed by atoms with E-state index < -0.39 is 0 Å². The van der Waals surface area contributed by atoms with E-state index in [-0.39, 0.29) is 5.56 Å². The zero-order valence-corrected chi connectivity index (χ0v) is 11.4. The van der Waals surface area contributed by atoms with Crippen molar-refractivity contribution in [3.05, 3.63) is 32.8 Å². The lowest BCUT2D eigenvalue weighted by Crippen LogP contribution is -2.20. The predicted molar refractivity (Wildman–Crippen MR) is 72.3 cm³/mol. The molecule has 1 saturated carbocycles. The smallest absolute Gasteiger partial charge is 0.274 e. The highest BCUT2D eigenvalue weighted by atomic mass is 79.9. The molecule has 0 atom stereocenters. The molecular weight excluding hydrogens is 280 g/mol. The molecule has 0 radical (unpaired) electrons. The summed E-state index contributed by atoms with van der Waals surface area (Å²) >= 11 is 3.54. The summed E-state index contributed by atoms with van der Waals surface area (Å²) in [5, 5.41) is 0.982. The van der Waals surface area contributed by atoms with E-state index in [0.717, 1.165) is 34.4 Å². The van der Waals surface area contributed by atoms with E-state index in [0.29, 0.717) is 5.52 Å². The van der Waals surface area contributed by atoms with Crippen LogP contribution >= 0.6 is 15.9 Å². The largest absolute Gasteiger partial charge is 0.354 e. The second-order valence-corrected chi connectivity index (χ2v) is 5.80. The molecule has 17 heavy (non-hydrogen) atoms. The summed E-state index contributed by atoms with van der Waals surface area (Å²) in [7, 11) is 0. The lowest BCUT2D eigenvalue weighted by molar-refractivity contribution is 0.583. The highest BCUT2D eigenvalue weighted by Gasteiger charge is 2.21. The van der Waals surface area contributed by atoms with Crippen molar-refractivity contribution in [1.82, 2.24) is 9.55 Å². The number of halogens is 1. The fourth-order valence-electron chi connectivity index (χ4n) is 2.25. The summed E-state index contributed by atoms with van der Waals surface area (Å²) in [5.41, 5.74) is 1.84. The Morgan fingerprint density at radius 1 is 1.53 bits per heavy atom. The van der Waals surface area contributed by atoms with E-state index in [4.69, 9.17) is 0 Å². The van der Waals surface area contributed by atoms with E-state index in [2.05, 4.69) is 20.9 Å². The Kier molecular flexibility index (Phi) is 2.62. The lowest BCUT2D eigenvalue weighted by atomic mass is 10.2. The van der Waals surface area contributed by atoms with E-state index in [1.54, 1.807) is 0 Å². The molecule has 2 aromatic rings. The number of rotatable bonds is 3. The van der Waals surface area contributed by atoms with Gasteiger partial charge in [-0.25, -0.2) is 0 Å². The number of nitrogens with one attached hydrogen (secondary N) is 1. The molecule has 0 amide bonds. The molecule has 0 aliphatic heterocycles. The van der Waals surface area contributed by atoms with Crippen LogP contribution in [0.15, 0.2) is 21.5 Å². The van der Waals surface area contributed by atoms with E-state index in [9.17, 15) is 4.79 Å². The number of H-pyrrole nitrogens is 1. The molecule has 4 heteroatoms. The first-order valence-electron chi connectivity index (χ1n) is 6.03. The van der Waals surface area contributed by atoms with E-state index in [1.165, 1.54) is 12.8 Å². The molecule has 90 valence electrons. The number of aromatic nitrogens is 2. The molecule has 3 nitrogen and oxygen atoms in total. The Balaban J connectivity index is 2.05. The van der Waals surface area contributed by atoms with Crippen molar-refractivity contribution in [3.8, 4) is 0 Å². The number of hydrogen-bond acceptors (Lipinski definition) is 1. The van der Waals surface area contributed by atoms with Gasteiger partial charge in [-0.2, -0.15) is 0 Å². The van der Waals surface area contributed by atoms with Gasteiger partial charge in [0.25, 0.3) is 5.56 Å². The standard InChI is InChI=1S/C13H15BrN2O/c1-8-6-10-11(14)7-16(5-4-9-2-3-9)13(17)12(10)15-8/h6-7,9,15H,2-5H2,1H3. The Labute approximate surface area is 108 Å². The molecule has 0 bridgehead atoms. The van der Waals surface area contributed by atoms with Crippen LogP contribution in [0.5, 0.6) is 0 Å². The maximum atomic E-state index is 12.2. The quantitative estimate of drug-likeness (QED) is 0.927. The van der Waals surface area contributed by atoms with Crippen molar-refractivity contribution < 1.29 is 0 Å². The molecule has 1 aliphatic carbocycles. The first-order chi connectivity index (χ1) is 8.15. The Morgan fingerprint density at radius 3 is 3.00 bits per heavy atom. The van der Waals surface area contributed by atoms with Crippen LogP contribution in [-0.2, 0) is 6.54 Å². The highest BCUT2D eigenvalue weighted by molar-refractivity contribution is 9.10. The third kappa shape index (κ3) is 2.06. The monoisotopic (exact) mass is 294 g/mol. The van der Waals surface area contributed by atoms with Gasteiger partial charge in [0, 0.05) is 28.3 Å². The second-order valence-electron chi connectivity index (χ2n) is 4.95. The van der Waals surface area contributed by atoms with E-state index in [1.807, 2.05) is 23.8 Å². The highest BCUT2D eigenvalue weighted by Crippen LogP contribution is 2.32. The van der Waals surface area contributed by atoms with Crippen molar-refractivity contribution in [2.75, 3.05) is 0 Å². The first kappa shape index (κ1) is 11.1. The van der Waals surface area contributed by atoms with Crippen LogP contribution < -0.4 is 5.56 Å². The number of fused-ring (bicyclic) bond motifs is 1. The topological polar surface area (TPSA) is 37.8 Å². The number of aromatic amines is 1. The van der Waals surface area contributed by atoms with Crippen LogP contribution in [-0.4, -0.2) is 9.55 Å². The van der Waals surface area contributed by atoms with Gasteiger partial charge in [0.05, 0.1) is 0 Å². The predicted octanol–water partition coefficient (Wildman–Crippen LogP) is 3.20.